The molecule has 1 aliphatic rings. The van der Waals surface area contributed by atoms with Crippen LogP contribution in [0, 0.1) is 5.92 Å². The summed E-state index contributed by atoms with van der Waals surface area (Å²) in [5.74, 6) is 0.313. The number of methoxy groups -OCH3 is 1. The number of carbonyl (C=O) groups excluding carboxylic acids is 2. The Kier molecular flexibility index (Phi) is 4.68. The van der Waals surface area contributed by atoms with Gasteiger partial charge in [-0.25, -0.2) is 4.98 Å². The number of rotatable bonds is 4. The van der Waals surface area contributed by atoms with Crippen molar-refractivity contribution in [1.29, 1.82) is 0 Å². The molecular weight excluding hydrogens is 282 g/mol. The summed E-state index contributed by atoms with van der Waals surface area (Å²) in [6.45, 7) is 5.16. The molecule has 0 spiro atoms. The minimum absolute atomic E-state index is 0.0335. The smallest absolute Gasteiger partial charge is 0.315 e. The maximum absolute atomic E-state index is 11.8. The molecule has 2 rings (SSSR count). The van der Waals surface area contributed by atoms with Gasteiger partial charge in [0.2, 0.25) is 5.91 Å². The molecule has 6 nitrogen and oxygen atoms in total. The van der Waals surface area contributed by atoms with Gasteiger partial charge in [-0.2, -0.15) is 0 Å². The van der Waals surface area contributed by atoms with Crippen molar-refractivity contribution < 1.29 is 14.3 Å². The van der Waals surface area contributed by atoms with Crippen LogP contribution in [0.2, 0.25) is 0 Å². The first-order valence-electron chi connectivity index (χ1n) is 7.45. The Bertz CT molecular complexity index is 546. The van der Waals surface area contributed by atoms with E-state index in [1.165, 1.54) is 7.11 Å². The Morgan fingerprint density at radius 1 is 1.32 bits per heavy atom. The normalized spacial score (nSPS) is 16.4. The zero-order valence-corrected chi connectivity index (χ0v) is 13.3. The summed E-state index contributed by atoms with van der Waals surface area (Å²) >= 11 is 0. The molecular formula is C16H23N3O3. The number of pyridine rings is 1. The fraction of sp³-hybridized carbons (Fsp3) is 0.562. The number of esters is 1. The van der Waals surface area contributed by atoms with Gasteiger partial charge in [0, 0.05) is 25.2 Å². The molecule has 0 saturated carbocycles. The van der Waals surface area contributed by atoms with E-state index in [9.17, 15) is 9.59 Å². The van der Waals surface area contributed by atoms with Gasteiger partial charge in [-0.1, -0.05) is 6.07 Å². The first-order valence-corrected chi connectivity index (χ1v) is 7.45. The summed E-state index contributed by atoms with van der Waals surface area (Å²) in [6, 6.07) is 3.81. The monoisotopic (exact) mass is 305 g/mol. The van der Waals surface area contributed by atoms with Crippen molar-refractivity contribution in [2.45, 2.75) is 32.1 Å². The van der Waals surface area contributed by atoms with Crippen LogP contribution in [-0.4, -0.2) is 37.1 Å². The first-order chi connectivity index (χ1) is 10.4. The lowest BCUT2D eigenvalue weighted by Gasteiger charge is -2.31. The predicted octanol–water partition coefficient (Wildman–Crippen LogP) is 1.23. The van der Waals surface area contributed by atoms with Crippen LogP contribution < -0.4 is 10.6 Å². The highest BCUT2D eigenvalue weighted by molar-refractivity contribution is 5.82. The summed E-state index contributed by atoms with van der Waals surface area (Å²) in [5.41, 5.74) is 5.44. The second-order valence-corrected chi connectivity index (χ2v) is 6.19. The number of amides is 1. The van der Waals surface area contributed by atoms with Crippen molar-refractivity contribution >= 4 is 17.7 Å². The van der Waals surface area contributed by atoms with E-state index in [4.69, 9.17) is 10.5 Å². The van der Waals surface area contributed by atoms with Gasteiger partial charge in [-0.15, -0.1) is 0 Å². The average Bonchev–Trinajstić information content (AvgIpc) is 2.54. The van der Waals surface area contributed by atoms with Crippen molar-refractivity contribution in [3.05, 3.63) is 23.9 Å². The Balaban J connectivity index is 2.07. The number of aromatic nitrogens is 1. The van der Waals surface area contributed by atoms with Gasteiger partial charge in [0.05, 0.1) is 12.5 Å². The standard InChI is InChI=1S/C16H23N3O3/c1-16(2,15(21)22-3)12-4-5-13(18-10-12)19-8-6-11(7-9-19)14(17)20/h4-5,10-11H,6-9H2,1-3H3,(H2,17,20). The van der Waals surface area contributed by atoms with Gasteiger partial charge in [0.1, 0.15) is 5.82 Å². The van der Waals surface area contributed by atoms with Crippen LogP contribution in [-0.2, 0) is 19.7 Å². The zero-order chi connectivity index (χ0) is 16.3. The molecule has 1 aliphatic heterocycles. The van der Waals surface area contributed by atoms with Crippen molar-refractivity contribution in [3.63, 3.8) is 0 Å². The van der Waals surface area contributed by atoms with Gasteiger partial charge < -0.3 is 15.4 Å². The Morgan fingerprint density at radius 3 is 2.41 bits per heavy atom. The quantitative estimate of drug-likeness (QED) is 0.846. The van der Waals surface area contributed by atoms with Crippen molar-refractivity contribution in [2.24, 2.45) is 11.7 Å². The van der Waals surface area contributed by atoms with Gasteiger partial charge in [0.25, 0.3) is 0 Å². The molecule has 0 atom stereocenters. The summed E-state index contributed by atoms with van der Waals surface area (Å²) in [4.78, 5) is 29.6. The molecule has 1 saturated heterocycles. The van der Waals surface area contributed by atoms with Gasteiger partial charge in [0.15, 0.2) is 0 Å². The van der Waals surface area contributed by atoms with E-state index in [2.05, 4.69) is 9.88 Å². The molecule has 0 radical (unpaired) electrons. The summed E-state index contributed by atoms with van der Waals surface area (Å²) < 4.78 is 4.83. The molecule has 120 valence electrons. The third-order valence-corrected chi connectivity index (χ3v) is 4.39. The first kappa shape index (κ1) is 16.3. The molecule has 2 heterocycles. The molecule has 0 unspecified atom stereocenters. The highest BCUT2D eigenvalue weighted by Gasteiger charge is 2.31. The number of ether oxygens (including phenoxy) is 1. The number of nitrogens with two attached hydrogens (primary N) is 1. The van der Waals surface area contributed by atoms with Crippen LogP contribution in [0.25, 0.3) is 0 Å². The summed E-state index contributed by atoms with van der Waals surface area (Å²) in [5, 5.41) is 0. The lowest BCUT2D eigenvalue weighted by atomic mass is 9.86. The molecule has 0 aliphatic carbocycles. The molecule has 1 aromatic rings. The molecule has 1 fully saturated rings. The van der Waals surface area contributed by atoms with Crippen molar-refractivity contribution in [2.75, 3.05) is 25.1 Å². The van der Waals surface area contributed by atoms with Crippen LogP contribution in [0.15, 0.2) is 18.3 Å². The van der Waals surface area contributed by atoms with E-state index in [1.807, 2.05) is 26.0 Å². The van der Waals surface area contributed by atoms with E-state index in [-0.39, 0.29) is 17.8 Å². The molecule has 0 bridgehead atoms. The number of carbonyl (C=O) groups is 2. The molecule has 1 aromatic heterocycles. The summed E-state index contributed by atoms with van der Waals surface area (Å²) in [7, 11) is 1.38. The minimum atomic E-state index is -0.723. The van der Waals surface area contributed by atoms with Crippen LogP contribution in [0.3, 0.4) is 0 Å². The number of nitrogens with zero attached hydrogens (tertiary/aromatic N) is 2. The third kappa shape index (κ3) is 3.21. The Morgan fingerprint density at radius 2 is 1.95 bits per heavy atom. The molecule has 22 heavy (non-hydrogen) atoms. The van der Waals surface area contributed by atoms with Gasteiger partial charge in [-0.05, 0) is 38.3 Å². The van der Waals surface area contributed by atoms with Crippen LogP contribution in [0.1, 0.15) is 32.3 Å². The number of anilines is 1. The SMILES string of the molecule is COC(=O)C(C)(C)c1ccc(N2CCC(C(N)=O)CC2)nc1. The highest BCUT2D eigenvalue weighted by Crippen LogP contribution is 2.27. The fourth-order valence-corrected chi connectivity index (χ4v) is 2.71. The number of hydrogen-bond donors (Lipinski definition) is 1. The van der Waals surface area contributed by atoms with Gasteiger partial charge in [-0.3, -0.25) is 9.59 Å². The lowest BCUT2D eigenvalue weighted by molar-refractivity contribution is -0.146. The maximum Gasteiger partial charge on any atom is 0.315 e. The van der Waals surface area contributed by atoms with Crippen LogP contribution in [0.5, 0.6) is 0 Å². The van der Waals surface area contributed by atoms with Crippen LogP contribution in [0.4, 0.5) is 5.82 Å². The Labute approximate surface area is 130 Å². The van der Waals surface area contributed by atoms with E-state index in [1.54, 1.807) is 6.20 Å². The minimum Gasteiger partial charge on any atom is -0.468 e. The second kappa shape index (κ2) is 6.34. The molecule has 0 aromatic carbocycles. The van der Waals surface area contributed by atoms with E-state index in [0.717, 1.165) is 37.3 Å². The average molecular weight is 305 g/mol. The largest absolute Gasteiger partial charge is 0.468 e. The molecule has 2 N–H and O–H groups in total. The second-order valence-electron chi connectivity index (χ2n) is 6.19. The van der Waals surface area contributed by atoms with Crippen molar-refractivity contribution in [3.8, 4) is 0 Å². The van der Waals surface area contributed by atoms with Crippen molar-refractivity contribution in [1.82, 2.24) is 4.98 Å². The predicted molar refractivity (Wildman–Crippen MR) is 83.4 cm³/mol. The van der Waals surface area contributed by atoms with Crippen LogP contribution >= 0.6 is 0 Å². The molecule has 6 heteroatoms. The topological polar surface area (TPSA) is 85.5 Å². The Hall–Kier alpha value is -2.11. The lowest BCUT2D eigenvalue weighted by Crippen LogP contribution is -2.39. The maximum atomic E-state index is 11.8. The van der Waals surface area contributed by atoms with E-state index < -0.39 is 5.41 Å². The molecule has 1 amide bonds. The van der Waals surface area contributed by atoms with E-state index in [0.29, 0.717) is 0 Å². The highest BCUT2D eigenvalue weighted by atomic mass is 16.5. The number of primary amides is 1. The summed E-state index contributed by atoms with van der Waals surface area (Å²) in [6.07, 6.45) is 3.23. The number of piperidine rings is 1. The third-order valence-electron chi connectivity index (χ3n) is 4.39. The fourth-order valence-electron chi connectivity index (χ4n) is 2.71. The van der Waals surface area contributed by atoms with Gasteiger partial charge >= 0.3 is 5.97 Å². The van der Waals surface area contributed by atoms with E-state index >= 15 is 0 Å². The number of hydrogen-bond acceptors (Lipinski definition) is 5. The zero-order valence-electron chi connectivity index (χ0n) is 13.3.